The molecule has 2 atom stereocenters. The van der Waals surface area contributed by atoms with Crippen LogP contribution in [0.15, 0.2) is 18.6 Å². The Kier molecular flexibility index (Phi) is 6.33. The van der Waals surface area contributed by atoms with Crippen LogP contribution in [0.5, 0.6) is 0 Å². The van der Waals surface area contributed by atoms with Crippen LogP contribution in [0, 0.1) is 5.92 Å². The lowest BCUT2D eigenvalue weighted by Crippen LogP contribution is -2.15. The summed E-state index contributed by atoms with van der Waals surface area (Å²) in [5.41, 5.74) is 0.657. The van der Waals surface area contributed by atoms with Gasteiger partial charge in [0.1, 0.15) is 16.3 Å². The van der Waals surface area contributed by atoms with Crippen LogP contribution in [0.4, 0.5) is 10.3 Å². The Morgan fingerprint density at radius 3 is 2.73 bits per heavy atom. The van der Waals surface area contributed by atoms with Crippen molar-refractivity contribution in [3.05, 3.63) is 34.3 Å². The SMILES string of the molecule is CC(=O)Nc1nnc(C[C@@H]2CCC(c3nnc(NC(=O)Cc4ccncn4)s3)C2)s1. The molecule has 1 aliphatic rings. The first kappa shape index (κ1) is 20.4. The molecule has 1 fully saturated rings. The minimum Gasteiger partial charge on any atom is -0.301 e. The number of nitrogens with zero attached hydrogens (tertiary/aromatic N) is 6. The van der Waals surface area contributed by atoms with Crippen molar-refractivity contribution in [3.8, 4) is 0 Å². The number of nitrogens with one attached hydrogen (secondary N) is 2. The van der Waals surface area contributed by atoms with Gasteiger partial charge in [0.25, 0.3) is 0 Å². The van der Waals surface area contributed by atoms with Crippen molar-refractivity contribution in [2.45, 2.75) is 44.9 Å². The predicted molar refractivity (Wildman–Crippen MR) is 112 cm³/mol. The van der Waals surface area contributed by atoms with Crippen molar-refractivity contribution in [2.75, 3.05) is 10.6 Å². The van der Waals surface area contributed by atoms with Crippen molar-refractivity contribution in [2.24, 2.45) is 5.92 Å². The highest BCUT2D eigenvalue weighted by Gasteiger charge is 2.29. The Labute approximate surface area is 180 Å². The molecule has 2 amide bonds. The molecule has 3 aromatic heterocycles. The zero-order chi connectivity index (χ0) is 20.9. The third-order valence-electron chi connectivity index (χ3n) is 4.78. The van der Waals surface area contributed by atoms with Crippen LogP contribution in [-0.4, -0.2) is 42.2 Å². The number of hydrogen-bond acceptors (Lipinski definition) is 10. The lowest BCUT2D eigenvalue weighted by atomic mass is 10.0. The van der Waals surface area contributed by atoms with Gasteiger partial charge < -0.3 is 10.6 Å². The van der Waals surface area contributed by atoms with Crippen molar-refractivity contribution in [1.82, 2.24) is 30.4 Å². The standard InChI is InChI=1S/C18H20N8O2S2/c1-10(27)21-17-25-23-15(29-17)7-11-2-3-12(6-11)16-24-26-18(30-16)22-14(28)8-13-4-5-19-9-20-13/h4-5,9,11-12H,2-3,6-8H2,1H3,(H,21,25,27)(H,22,26,28)/t11-,12?/m1/s1. The van der Waals surface area contributed by atoms with Gasteiger partial charge in [0.05, 0.1) is 12.1 Å². The number of carbonyl (C=O) groups excluding carboxylic acids is 2. The molecule has 3 aromatic rings. The number of anilines is 2. The number of carbonyl (C=O) groups is 2. The van der Waals surface area contributed by atoms with E-state index in [0.29, 0.717) is 27.8 Å². The summed E-state index contributed by atoms with van der Waals surface area (Å²) in [6.45, 7) is 1.46. The smallest absolute Gasteiger partial charge is 0.232 e. The fourth-order valence-electron chi connectivity index (χ4n) is 3.47. The average molecular weight is 445 g/mol. The van der Waals surface area contributed by atoms with E-state index in [-0.39, 0.29) is 18.2 Å². The van der Waals surface area contributed by atoms with Gasteiger partial charge in [-0.2, -0.15) is 0 Å². The average Bonchev–Trinajstić information content (AvgIpc) is 3.44. The predicted octanol–water partition coefficient (Wildman–Crippen LogP) is 2.45. The van der Waals surface area contributed by atoms with E-state index in [1.807, 2.05) is 0 Å². The quantitative estimate of drug-likeness (QED) is 0.567. The van der Waals surface area contributed by atoms with E-state index < -0.39 is 0 Å². The van der Waals surface area contributed by atoms with Crippen molar-refractivity contribution in [1.29, 1.82) is 0 Å². The van der Waals surface area contributed by atoms with E-state index in [1.165, 1.54) is 35.9 Å². The van der Waals surface area contributed by atoms with Crippen LogP contribution in [0.3, 0.4) is 0 Å². The Bertz CT molecular complexity index is 1020. The Morgan fingerprint density at radius 1 is 1.10 bits per heavy atom. The molecule has 156 valence electrons. The van der Waals surface area contributed by atoms with Crippen LogP contribution in [0.2, 0.25) is 0 Å². The van der Waals surface area contributed by atoms with Gasteiger partial charge in [0.2, 0.25) is 22.1 Å². The highest BCUT2D eigenvalue weighted by molar-refractivity contribution is 7.15. The minimum atomic E-state index is -0.174. The van der Waals surface area contributed by atoms with Gasteiger partial charge in [-0.05, 0) is 31.2 Å². The molecular weight excluding hydrogens is 424 g/mol. The van der Waals surface area contributed by atoms with E-state index in [4.69, 9.17) is 0 Å². The Balaban J connectivity index is 1.28. The molecule has 0 saturated heterocycles. The van der Waals surface area contributed by atoms with E-state index in [0.717, 1.165) is 35.7 Å². The Morgan fingerprint density at radius 2 is 1.93 bits per heavy atom. The molecule has 2 N–H and O–H groups in total. The fraction of sp³-hybridized carbons (Fsp3) is 0.444. The summed E-state index contributed by atoms with van der Waals surface area (Å²) in [6, 6.07) is 1.71. The molecule has 30 heavy (non-hydrogen) atoms. The molecule has 3 heterocycles. The molecule has 0 aliphatic heterocycles. The maximum atomic E-state index is 12.2. The molecular formula is C18H20N8O2S2. The van der Waals surface area contributed by atoms with E-state index in [2.05, 4.69) is 41.0 Å². The van der Waals surface area contributed by atoms with Gasteiger partial charge in [-0.3, -0.25) is 9.59 Å². The fourth-order valence-corrected chi connectivity index (χ4v) is 5.28. The first-order chi connectivity index (χ1) is 14.5. The van der Waals surface area contributed by atoms with E-state index in [1.54, 1.807) is 12.3 Å². The second-order valence-electron chi connectivity index (χ2n) is 7.13. The van der Waals surface area contributed by atoms with Crippen LogP contribution in [-0.2, 0) is 22.4 Å². The Hall–Kier alpha value is -2.86. The number of rotatable bonds is 7. The maximum Gasteiger partial charge on any atom is 0.232 e. The van der Waals surface area contributed by atoms with Gasteiger partial charge in [-0.15, -0.1) is 20.4 Å². The summed E-state index contributed by atoms with van der Waals surface area (Å²) < 4.78 is 0. The summed E-state index contributed by atoms with van der Waals surface area (Å²) >= 11 is 2.85. The minimum absolute atomic E-state index is 0.144. The van der Waals surface area contributed by atoms with Crippen LogP contribution < -0.4 is 10.6 Å². The zero-order valence-corrected chi connectivity index (χ0v) is 17.9. The van der Waals surface area contributed by atoms with Crippen LogP contribution in [0.1, 0.15) is 47.8 Å². The molecule has 4 rings (SSSR count). The van der Waals surface area contributed by atoms with Gasteiger partial charge in [-0.1, -0.05) is 22.7 Å². The van der Waals surface area contributed by atoms with E-state index in [9.17, 15) is 9.59 Å². The third kappa shape index (κ3) is 5.39. The summed E-state index contributed by atoms with van der Waals surface area (Å²) in [6.07, 6.45) is 7.15. The number of aromatic nitrogens is 6. The highest BCUT2D eigenvalue weighted by atomic mass is 32.1. The maximum absolute atomic E-state index is 12.2. The van der Waals surface area contributed by atoms with Gasteiger partial charge >= 0.3 is 0 Å². The molecule has 12 heteroatoms. The largest absolute Gasteiger partial charge is 0.301 e. The molecule has 1 unspecified atom stereocenters. The lowest BCUT2D eigenvalue weighted by molar-refractivity contribution is -0.116. The van der Waals surface area contributed by atoms with Crippen LogP contribution in [0.25, 0.3) is 0 Å². The molecule has 0 aromatic carbocycles. The molecule has 0 bridgehead atoms. The second-order valence-corrected chi connectivity index (χ2v) is 9.20. The molecule has 0 radical (unpaired) electrons. The first-order valence-corrected chi connectivity index (χ1v) is 11.2. The normalized spacial score (nSPS) is 18.3. The van der Waals surface area contributed by atoms with Crippen molar-refractivity contribution >= 4 is 44.8 Å². The summed E-state index contributed by atoms with van der Waals surface area (Å²) in [4.78, 5) is 31.2. The summed E-state index contributed by atoms with van der Waals surface area (Å²) in [7, 11) is 0. The molecule has 1 aliphatic carbocycles. The van der Waals surface area contributed by atoms with Gasteiger partial charge in [0.15, 0.2) is 0 Å². The van der Waals surface area contributed by atoms with Crippen molar-refractivity contribution < 1.29 is 9.59 Å². The molecule has 1 saturated carbocycles. The van der Waals surface area contributed by atoms with Crippen LogP contribution >= 0.6 is 22.7 Å². The highest BCUT2D eigenvalue weighted by Crippen LogP contribution is 2.41. The van der Waals surface area contributed by atoms with Gasteiger partial charge in [0, 0.05) is 25.5 Å². The summed E-state index contributed by atoms with van der Waals surface area (Å²) in [5, 5.41) is 25.0. The van der Waals surface area contributed by atoms with Gasteiger partial charge in [-0.25, -0.2) is 9.97 Å². The molecule has 0 spiro atoms. The summed E-state index contributed by atoms with van der Waals surface area (Å²) in [5.74, 6) is 0.511. The monoisotopic (exact) mass is 444 g/mol. The zero-order valence-electron chi connectivity index (χ0n) is 16.2. The topological polar surface area (TPSA) is 136 Å². The van der Waals surface area contributed by atoms with E-state index >= 15 is 0 Å². The molecule has 10 nitrogen and oxygen atoms in total. The lowest BCUT2D eigenvalue weighted by Gasteiger charge is -2.06. The third-order valence-corrected chi connectivity index (χ3v) is 6.64. The number of amides is 2. The number of hydrogen-bond donors (Lipinski definition) is 2. The first-order valence-electron chi connectivity index (χ1n) is 9.53. The van der Waals surface area contributed by atoms with Crippen molar-refractivity contribution in [3.63, 3.8) is 0 Å². The second kappa shape index (κ2) is 9.30.